The zero-order valence-corrected chi connectivity index (χ0v) is 18.6. The van der Waals surface area contributed by atoms with Gasteiger partial charge in [0.05, 0.1) is 30.8 Å². The van der Waals surface area contributed by atoms with Crippen LogP contribution in [0.4, 0.5) is 20.3 Å². The van der Waals surface area contributed by atoms with Gasteiger partial charge < -0.3 is 15.4 Å². The highest BCUT2D eigenvalue weighted by atomic mass is 19.1. The van der Waals surface area contributed by atoms with E-state index >= 15 is 0 Å². The van der Waals surface area contributed by atoms with Crippen LogP contribution < -0.4 is 15.4 Å². The number of carbonyl (C=O) groups excluding carboxylic acids is 1. The summed E-state index contributed by atoms with van der Waals surface area (Å²) in [5, 5.41) is 7.12. The van der Waals surface area contributed by atoms with Gasteiger partial charge in [-0.25, -0.2) is 13.8 Å². The second kappa shape index (κ2) is 9.09. The van der Waals surface area contributed by atoms with Crippen molar-refractivity contribution in [3.05, 3.63) is 95.1 Å². The number of aromatic nitrogens is 1. The molecule has 0 aliphatic heterocycles. The van der Waals surface area contributed by atoms with E-state index in [1.165, 1.54) is 11.1 Å². The average Bonchev–Trinajstić information content (AvgIpc) is 3.21. The molecule has 1 aliphatic rings. The van der Waals surface area contributed by atoms with Crippen LogP contribution in [0.15, 0.2) is 66.7 Å². The number of anilines is 2. The molecular formula is C27H23F2N3O2. The van der Waals surface area contributed by atoms with E-state index in [1.807, 2.05) is 36.4 Å². The summed E-state index contributed by atoms with van der Waals surface area (Å²) in [5.74, 6) is -0.180. The van der Waals surface area contributed by atoms with Crippen LogP contribution in [-0.4, -0.2) is 18.0 Å². The minimum atomic E-state index is -0.709. The van der Waals surface area contributed by atoms with Crippen molar-refractivity contribution in [2.45, 2.75) is 25.3 Å². The van der Waals surface area contributed by atoms with Crippen LogP contribution >= 0.6 is 0 Å². The Morgan fingerprint density at radius 2 is 1.85 bits per heavy atom. The molecule has 2 N–H and O–H groups in total. The second-order valence-corrected chi connectivity index (χ2v) is 8.34. The molecule has 0 radical (unpaired) electrons. The lowest BCUT2D eigenvalue weighted by molar-refractivity contribution is -0.115. The van der Waals surface area contributed by atoms with E-state index in [0.29, 0.717) is 5.69 Å². The van der Waals surface area contributed by atoms with Gasteiger partial charge in [0.2, 0.25) is 5.91 Å². The molecule has 1 aromatic heterocycles. The van der Waals surface area contributed by atoms with E-state index in [1.54, 1.807) is 13.2 Å². The van der Waals surface area contributed by atoms with Gasteiger partial charge in [-0.1, -0.05) is 18.2 Å². The van der Waals surface area contributed by atoms with Crippen LogP contribution in [0.3, 0.4) is 0 Å². The minimum Gasteiger partial charge on any atom is -0.496 e. The zero-order chi connectivity index (χ0) is 23.7. The van der Waals surface area contributed by atoms with Crippen molar-refractivity contribution in [2.24, 2.45) is 0 Å². The highest BCUT2D eigenvalue weighted by Crippen LogP contribution is 2.39. The van der Waals surface area contributed by atoms with E-state index in [0.717, 1.165) is 53.5 Å². The minimum absolute atomic E-state index is 0.102. The Bertz CT molecular complexity index is 1370. The molecule has 5 nitrogen and oxygen atoms in total. The van der Waals surface area contributed by atoms with Crippen molar-refractivity contribution in [1.82, 2.24) is 4.98 Å². The van der Waals surface area contributed by atoms with Crippen molar-refractivity contribution in [1.29, 1.82) is 0 Å². The monoisotopic (exact) mass is 459 g/mol. The molecule has 1 unspecified atom stereocenters. The van der Waals surface area contributed by atoms with Crippen LogP contribution in [0.5, 0.6) is 5.75 Å². The van der Waals surface area contributed by atoms with E-state index in [2.05, 4.69) is 16.7 Å². The summed E-state index contributed by atoms with van der Waals surface area (Å²) in [6.45, 7) is 0. The standard InChI is InChI=1S/C27H23F2N3O2/c1-34-24-7-2-4-17-8-10-23(27(17)24)31-25-11-9-20-21(30-25)5-3-6-22(20)32-26(33)14-16-12-18(28)15-19(29)13-16/h2-7,9,11-13,15,23H,8,10,14H2,1H3,(H,30,31)(H,32,33). The molecule has 0 spiro atoms. The Labute approximate surface area is 195 Å². The molecule has 1 heterocycles. The third-order valence-electron chi connectivity index (χ3n) is 6.04. The Morgan fingerprint density at radius 1 is 1.06 bits per heavy atom. The molecule has 172 valence electrons. The number of nitrogens with one attached hydrogen (secondary N) is 2. The topological polar surface area (TPSA) is 63.2 Å². The third kappa shape index (κ3) is 4.41. The molecule has 7 heteroatoms. The molecular weight excluding hydrogens is 436 g/mol. The van der Waals surface area contributed by atoms with Crippen molar-refractivity contribution >= 4 is 28.3 Å². The van der Waals surface area contributed by atoms with Gasteiger partial charge in [0.15, 0.2) is 0 Å². The van der Waals surface area contributed by atoms with Crippen LogP contribution in [0.1, 0.15) is 29.2 Å². The largest absolute Gasteiger partial charge is 0.496 e. The summed E-state index contributed by atoms with van der Waals surface area (Å²) in [4.78, 5) is 17.3. The van der Waals surface area contributed by atoms with E-state index in [4.69, 9.17) is 9.72 Å². The summed E-state index contributed by atoms with van der Waals surface area (Å²) in [6.07, 6.45) is 1.79. The van der Waals surface area contributed by atoms with Gasteiger partial charge in [-0.2, -0.15) is 0 Å². The first-order chi connectivity index (χ1) is 16.5. The van der Waals surface area contributed by atoms with Gasteiger partial charge in [-0.3, -0.25) is 4.79 Å². The Hall–Kier alpha value is -4.00. The first kappa shape index (κ1) is 21.8. The van der Waals surface area contributed by atoms with Crippen molar-refractivity contribution in [3.8, 4) is 5.75 Å². The maximum atomic E-state index is 13.4. The van der Waals surface area contributed by atoms with Crippen molar-refractivity contribution < 1.29 is 18.3 Å². The zero-order valence-electron chi connectivity index (χ0n) is 18.6. The van der Waals surface area contributed by atoms with Crippen molar-refractivity contribution in [3.63, 3.8) is 0 Å². The smallest absolute Gasteiger partial charge is 0.228 e. The molecule has 1 aliphatic carbocycles. The number of aryl methyl sites for hydroxylation is 1. The summed E-state index contributed by atoms with van der Waals surface area (Å²) in [6, 6.07) is 18.5. The van der Waals surface area contributed by atoms with E-state index < -0.39 is 11.6 Å². The number of benzene rings is 3. The number of carbonyl (C=O) groups is 1. The Kier molecular flexibility index (Phi) is 5.84. The number of nitrogens with zero attached hydrogens (tertiary/aromatic N) is 1. The number of amides is 1. The maximum absolute atomic E-state index is 13.4. The Balaban J connectivity index is 1.35. The molecule has 3 aromatic carbocycles. The molecule has 4 aromatic rings. The summed E-state index contributed by atoms with van der Waals surface area (Å²) >= 11 is 0. The molecule has 5 rings (SSSR count). The molecule has 0 fully saturated rings. The number of halogens is 2. The maximum Gasteiger partial charge on any atom is 0.228 e. The van der Waals surface area contributed by atoms with Gasteiger partial charge in [0.1, 0.15) is 23.2 Å². The van der Waals surface area contributed by atoms with Gasteiger partial charge >= 0.3 is 0 Å². The number of hydrogen-bond acceptors (Lipinski definition) is 4. The lowest BCUT2D eigenvalue weighted by Gasteiger charge is -2.18. The fourth-order valence-electron chi connectivity index (χ4n) is 4.59. The van der Waals surface area contributed by atoms with E-state index in [-0.39, 0.29) is 23.9 Å². The number of methoxy groups -OCH3 is 1. The van der Waals surface area contributed by atoms with Crippen LogP contribution in [0.25, 0.3) is 10.9 Å². The predicted molar refractivity (Wildman–Crippen MR) is 128 cm³/mol. The third-order valence-corrected chi connectivity index (χ3v) is 6.04. The highest BCUT2D eigenvalue weighted by molar-refractivity contribution is 6.01. The fourth-order valence-corrected chi connectivity index (χ4v) is 4.59. The van der Waals surface area contributed by atoms with Gasteiger partial charge in [0.25, 0.3) is 0 Å². The van der Waals surface area contributed by atoms with Crippen LogP contribution in [0, 0.1) is 11.6 Å². The summed E-state index contributed by atoms with van der Waals surface area (Å²) in [5.41, 5.74) is 4.03. The fraction of sp³-hybridized carbons (Fsp3) is 0.185. The first-order valence-electron chi connectivity index (χ1n) is 11.1. The quantitative estimate of drug-likeness (QED) is 0.382. The molecule has 34 heavy (non-hydrogen) atoms. The number of fused-ring (bicyclic) bond motifs is 2. The van der Waals surface area contributed by atoms with Gasteiger partial charge in [0, 0.05) is 17.0 Å². The lowest BCUT2D eigenvalue weighted by Crippen LogP contribution is -2.15. The van der Waals surface area contributed by atoms with E-state index in [9.17, 15) is 13.6 Å². The molecule has 1 atom stereocenters. The molecule has 0 saturated carbocycles. The first-order valence-corrected chi connectivity index (χ1v) is 11.1. The predicted octanol–water partition coefficient (Wildman–Crippen LogP) is 5.80. The Morgan fingerprint density at radius 3 is 2.65 bits per heavy atom. The van der Waals surface area contributed by atoms with Gasteiger partial charge in [-0.15, -0.1) is 0 Å². The number of pyridine rings is 1. The normalized spacial score (nSPS) is 14.6. The lowest BCUT2D eigenvalue weighted by atomic mass is 10.1. The second-order valence-electron chi connectivity index (χ2n) is 8.34. The number of ether oxygens (including phenoxy) is 1. The van der Waals surface area contributed by atoms with Crippen LogP contribution in [-0.2, 0) is 17.6 Å². The molecule has 1 amide bonds. The SMILES string of the molecule is COc1cccc2c1C(Nc1ccc3c(NC(=O)Cc4cc(F)cc(F)c4)cccc3n1)CC2. The van der Waals surface area contributed by atoms with Gasteiger partial charge in [-0.05, 0) is 66.4 Å². The molecule has 0 saturated heterocycles. The number of rotatable bonds is 6. The highest BCUT2D eigenvalue weighted by Gasteiger charge is 2.26. The average molecular weight is 459 g/mol. The molecule has 0 bridgehead atoms. The summed E-state index contributed by atoms with van der Waals surface area (Å²) < 4.78 is 32.4. The van der Waals surface area contributed by atoms with Crippen molar-refractivity contribution in [2.75, 3.05) is 17.7 Å². The number of hydrogen-bond donors (Lipinski definition) is 2. The van der Waals surface area contributed by atoms with Crippen LogP contribution in [0.2, 0.25) is 0 Å². The summed E-state index contributed by atoms with van der Waals surface area (Å²) in [7, 11) is 1.68.